The molecule has 0 aliphatic carbocycles. The Hall–Kier alpha value is -1.69. The van der Waals surface area contributed by atoms with Crippen LogP contribution in [0.25, 0.3) is 0 Å². The Morgan fingerprint density at radius 3 is 2.25 bits per heavy atom. The van der Waals surface area contributed by atoms with Crippen LogP contribution in [0.5, 0.6) is 5.75 Å². The average molecular weight is 433 g/mol. The highest BCUT2D eigenvalue weighted by Crippen LogP contribution is 2.31. The van der Waals surface area contributed by atoms with Crippen molar-refractivity contribution in [3.8, 4) is 5.75 Å². The van der Waals surface area contributed by atoms with Gasteiger partial charge in [-0.15, -0.1) is 0 Å². The maximum atomic E-state index is 13.2. The van der Waals surface area contributed by atoms with E-state index in [4.69, 9.17) is 9.47 Å². The molecule has 0 aromatic heterocycles. The number of benzene rings is 1. The summed E-state index contributed by atoms with van der Waals surface area (Å²) in [5, 5.41) is 0. The molecule has 156 valence electrons. The summed E-state index contributed by atoms with van der Waals surface area (Å²) in [6, 6.07) is 4.77. The zero-order chi connectivity index (χ0) is 20.5. The Kier molecular flexibility index (Phi) is 5.99. The molecule has 0 spiro atoms. The van der Waals surface area contributed by atoms with Gasteiger partial charge in [-0.05, 0) is 30.7 Å². The third kappa shape index (κ3) is 4.17. The molecule has 0 radical (unpaired) electrons. The normalized spacial score (nSPS) is 26.1. The summed E-state index contributed by atoms with van der Waals surface area (Å²) in [5.74, 6) is -0.0172. The summed E-state index contributed by atoms with van der Waals surface area (Å²) in [5.41, 5.74) is 0. The minimum absolute atomic E-state index is 0.0393. The van der Waals surface area contributed by atoms with Gasteiger partial charge in [-0.25, -0.2) is 16.8 Å². The fraction of sp³-hybridized carbons (Fsp3) is 0.588. The number of ether oxygens (including phenoxy) is 2. The molecule has 0 saturated carbocycles. The van der Waals surface area contributed by atoms with Crippen LogP contribution < -0.4 is 4.74 Å². The number of carbonyl (C=O) groups is 1. The molecule has 2 aliphatic rings. The molecule has 0 N–H and O–H groups in total. The van der Waals surface area contributed by atoms with Crippen molar-refractivity contribution in [1.29, 1.82) is 0 Å². The van der Waals surface area contributed by atoms with Crippen molar-refractivity contribution in [2.24, 2.45) is 0 Å². The molecule has 9 nitrogen and oxygen atoms in total. The van der Waals surface area contributed by atoms with E-state index >= 15 is 0 Å². The van der Waals surface area contributed by atoms with E-state index in [-0.39, 0.29) is 35.4 Å². The van der Waals surface area contributed by atoms with Crippen LogP contribution in [0.1, 0.15) is 6.42 Å². The molecule has 0 amide bonds. The van der Waals surface area contributed by atoms with Crippen molar-refractivity contribution < 1.29 is 31.1 Å². The van der Waals surface area contributed by atoms with Gasteiger partial charge in [0, 0.05) is 25.7 Å². The van der Waals surface area contributed by atoms with Crippen LogP contribution in [0, 0.1) is 0 Å². The molecule has 2 aliphatic heterocycles. The first-order chi connectivity index (χ1) is 13.2. The fourth-order valence-electron chi connectivity index (χ4n) is 3.64. The number of sulfonamides is 1. The number of esters is 1. The minimum atomic E-state index is -3.93. The van der Waals surface area contributed by atoms with Crippen LogP contribution in [-0.4, -0.2) is 89.5 Å². The number of rotatable bonds is 5. The standard InChI is InChI=1S/C17H24N2O7S2/c1-25-14-3-5-15(6-4-14)28(23,24)19-12-13(11-16(19)17(20)26-2)18-7-9-27(21,22)10-8-18/h3-6,13,16H,7-12H2,1-2H3/t13-,16+/m0/s1. The van der Waals surface area contributed by atoms with E-state index in [0.717, 1.165) is 4.31 Å². The number of carbonyl (C=O) groups excluding carboxylic acids is 1. The van der Waals surface area contributed by atoms with E-state index in [1.807, 2.05) is 4.90 Å². The van der Waals surface area contributed by atoms with E-state index in [9.17, 15) is 21.6 Å². The maximum absolute atomic E-state index is 13.2. The lowest BCUT2D eigenvalue weighted by Crippen LogP contribution is -2.47. The molecule has 1 aromatic rings. The lowest BCUT2D eigenvalue weighted by molar-refractivity contribution is -0.144. The van der Waals surface area contributed by atoms with Gasteiger partial charge in [0.15, 0.2) is 9.84 Å². The molecule has 2 heterocycles. The van der Waals surface area contributed by atoms with Gasteiger partial charge in [0.1, 0.15) is 11.8 Å². The number of hydrogen-bond acceptors (Lipinski definition) is 8. The summed E-state index contributed by atoms with van der Waals surface area (Å²) in [4.78, 5) is 14.3. The van der Waals surface area contributed by atoms with E-state index in [0.29, 0.717) is 18.8 Å². The highest BCUT2D eigenvalue weighted by atomic mass is 32.2. The van der Waals surface area contributed by atoms with Gasteiger partial charge in [-0.1, -0.05) is 0 Å². The third-order valence-corrected chi connectivity index (χ3v) is 8.77. The summed E-state index contributed by atoms with van der Waals surface area (Å²) >= 11 is 0. The number of methoxy groups -OCH3 is 2. The summed E-state index contributed by atoms with van der Waals surface area (Å²) in [7, 11) is -4.27. The number of nitrogens with zero attached hydrogens (tertiary/aromatic N) is 2. The van der Waals surface area contributed by atoms with Crippen molar-refractivity contribution >= 4 is 25.8 Å². The van der Waals surface area contributed by atoms with Crippen molar-refractivity contribution in [3.05, 3.63) is 24.3 Å². The number of hydrogen-bond donors (Lipinski definition) is 0. The Balaban J connectivity index is 1.85. The first kappa shape index (κ1) is 21.0. The second kappa shape index (κ2) is 7.97. The van der Waals surface area contributed by atoms with E-state index in [2.05, 4.69) is 0 Å². The summed E-state index contributed by atoms with van der Waals surface area (Å²) in [6.07, 6.45) is 0.266. The lowest BCUT2D eigenvalue weighted by Gasteiger charge is -2.31. The predicted molar refractivity (Wildman–Crippen MR) is 101 cm³/mol. The van der Waals surface area contributed by atoms with Crippen molar-refractivity contribution in [3.63, 3.8) is 0 Å². The first-order valence-electron chi connectivity index (χ1n) is 8.86. The van der Waals surface area contributed by atoms with Crippen molar-refractivity contribution in [2.75, 3.05) is 45.4 Å². The van der Waals surface area contributed by atoms with Crippen LogP contribution in [0.15, 0.2) is 29.2 Å². The monoisotopic (exact) mass is 432 g/mol. The molecule has 11 heteroatoms. The second-order valence-electron chi connectivity index (χ2n) is 6.87. The molecule has 2 atom stereocenters. The molecular formula is C17H24N2O7S2. The van der Waals surface area contributed by atoms with Crippen LogP contribution in [-0.2, 0) is 29.4 Å². The largest absolute Gasteiger partial charge is 0.497 e. The molecule has 1 aromatic carbocycles. The zero-order valence-electron chi connectivity index (χ0n) is 15.8. The van der Waals surface area contributed by atoms with Crippen LogP contribution in [0.4, 0.5) is 0 Å². The van der Waals surface area contributed by atoms with E-state index < -0.39 is 31.9 Å². The van der Waals surface area contributed by atoms with Crippen molar-refractivity contribution in [1.82, 2.24) is 9.21 Å². The Morgan fingerprint density at radius 1 is 1.11 bits per heavy atom. The minimum Gasteiger partial charge on any atom is -0.497 e. The van der Waals surface area contributed by atoms with E-state index in [1.54, 1.807) is 12.1 Å². The molecule has 0 bridgehead atoms. The smallest absolute Gasteiger partial charge is 0.324 e. The van der Waals surface area contributed by atoms with Gasteiger partial charge < -0.3 is 9.47 Å². The second-order valence-corrected chi connectivity index (χ2v) is 11.1. The van der Waals surface area contributed by atoms with Crippen LogP contribution >= 0.6 is 0 Å². The SMILES string of the molecule is COC(=O)[C@H]1C[C@H](N2CCS(=O)(=O)CC2)CN1S(=O)(=O)c1ccc(OC)cc1. The fourth-order valence-corrected chi connectivity index (χ4v) is 6.50. The quantitative estimate of drug-likeness (QED) is 0.585. The molecule has 2 saturated heterocycles. The summed E-state index contributed by atoms with van der Waals surface area (Å²) in [6.45, 7) is 0.767. The van der Waals surface area contributed by atoms with Gasteiger partial charge in [-0.2, -0.15) is 4.31 Å². The Morgan fingerprint density at radius 2 is 1.71 bits per heavy atom. The zero-order valence-corrected chi connectivity index (χ0v) is 17.4. The molecule has 28 heavy (non-hydrogen) atoms. The molecule has 2 fully saturated rings. The van der Waals surface area contributed by atoms with E-state index in [1.165, 1.54) is 26.4 Å². The van der Waals surface area contributed by atoms with Crippen LogP contribution in [0.3, 0.4) is 0 Å². The van der Waals surface area contributed by atoms with Gasteiger partial charge in [-0.3, -0.25) is 9.69 Å². The Bertz CT molecular complexity index is 915. The first-order valence-corrected chi connectivity index (χ1v) is 12.1. The molecule has 0 unspecified atom stereocenters. The van der Waals surface area contributed by atoms with Gasteiger partial charge in [0.2, 0.25) is 10.0 Å². The highest BCUT2D eigenvalue weighted by molar-refractivity contribution is 7.91. The maximum Gasteiger partial charge on any atom is 0.324 e. The topological polar surface area (TPSA) is 110 Å². The lowest BCUT2D eigenvalue weighted by atomic mass is 10.1. The van der Waals surface area contributed by atoms with Gasteiger partial charge in [0.05, 0.1) is 30.6 Å². The highest BCUT2D eigenvalue weighted by Gasteiger charge is 2.46. The molecule has 3 rings (SSSR count). The Labute approximate surface area is 165 Å². The average Bonchev–Trinajstić information content (AvgIpc) is 3.13. The third-order valence-electron chi connectivity index (χ3n) is 5.27. The van der Waals surface area contributed by atoms with Crippen molar-refractivity contribution in [2.45, 2.75) is 23.4 Å². The summed E-state index contributed by atoms with van der Waals surface area (Å²) < 4.78 is 60.7. The van der Waals surface area contributed by atoms with Gasteiger partial charge >= 0.3 is 5.97 Å². The van der Waals surface area contributed by atoms with Gasteiger partial charge in [0.25, 0.3) is 0 Å². The predicted octanol–water partition coefficient (Wildman–Crippen LogP) is -0.270. The van der Waals surface area contributed by atoms with Crippen LogP contribution in [0.2, 0.25) is 0 Å². The number of sulfone groups is 1. The molecular weight excluding hydrogens is 408 g/mol.